The molecule has 0 fully saturated rings. The van der Waals surface area contributed by atoms with Gasteiger partial charge in [-0.25, -0.2) is 0 Å². The summed E-state index contributed by atoms with van der Waals surface area (Å²) in [6.45, 7) is 6.38. The third kappa shape index (κ3) is 2.86. The number of fused-ring (bicyclic) bond motifs is 1. The van der Waals surface area contributed by atoms with E-state index in [1.165, 1.54) is 4.68 Å². The molecule has 0 amide bonds. The number of hydrogen-bond donors (Lipinski definition) is 0. The summed E-state index contributed by atoms with van der Waals surface area (Å²) in [4.78, 5) is 14.2. The molecule has 0 atom stereocenters. The molecule has 0 radical (unpaired) electrons. The molecule has 0 saturated heterocycles. The Labute approximate surface area is 112 Å². The van der Waals surface area contributed by atoms with E-state index in [2.05, 4.69) is 29.1 Å². The number of hydrogen-bond acceptors (Lipinski definition) is 4. The van der Waals surface area contributed by atoms with Crippen LogP contribution >= 0.6 is 12.4 Å². The molecule has 1 aromatic carbocycles. The van der Waals surface area contributed by atoms with Gasteiger partial charge in [-0.1, -0.05) is 31.2 Å². The van der Waals surface area contributed by atoms with Gasteiger partial charge in [-0.05, 0) is 25.2 Å². The smallest absolute Gasteiger partial charge is 0.278 e. The highest BCUT2D eigenvalue weighted by Crippen LogP contribution is 2.03. The molecule has 1 aromatic heterocycles. The van der Waals surface area contributed by atoms with Gasteiger partial charge in [0.2, 0.25) is 0 Å². The van der Waals surface area contributed by atoms with E-state index in [1.807, 2.05) is 12.1 Å². The fourth-order valence-corrected chi connectivity index (χ4v) is 1.73. The Kier molecular flexibility index (Phi) is 5.25. The van der Waals surface area contributed by atoms with E-state index < -0.39 is 0 Å². The molecule has 0 aliphatic heterocycles. The molecule has 1 heterocycles. The van der Waals surface area contributed by atoms with Crippen LogP contribution in [0.2, 0.25) is 0 Å². The molecular formula is C12H17ClN4O. The van der Waals surface area contributed by atoms with Crippen molar-refractivity contribution in [2.24, 2.45) is 0 Å². The molecule has 6 heteroatoms. The first kappa shape index (κ1) is 14.6. The second kappa shape index (κ2) is 6.47. The lowest BCUT2D eigenvalue weighted by atomic mass is 10.2. The van der Waals surface area contributed by atoms with Gasteiger partial charge in [-0.3, -0.25) is 9.69 Å². The van der Waals surface area contributed by atoms with E-state index in [-0.39, 0.29) is 18.0 Å². The van der Waals surface area contributed by atoms with Crippen LogP contribution in [0.15, 0.2) is 29.1 Å². The largest absolute Gasteiger partial charge is 0.285 e. The maximum atomic E-state index is 12.1. The Hall–Kier alpha value is -1.46. The molecule has 0 N–H and O–H groups in total. The first-order valence-electron chi connectivity index (χ1n) is 5.81. The fraction of sp³-hybridized carbons (Fsp3) is 0.417. The topological polar surface area (TPSA) is 51.0 Å². The predicted molar refractivity (Wildman–Crippen MR) is 74.0 cm³/mol. The second-order valence-corrected chi connectivity index (χ2v) is 3.86. The number of aromatic nitrogens is 3. The lowest BCUT2D eigenvalue weighted by Gasteiger charge is -2.17. The molecule has 0 spiro atoms. The van der Waals surface area contributed by atoms with Gasteiger partial charge in [0, 0.05) is 0 Å². The highest BCUT2D eigenvalue weighted by molar-refractivity contribution is 5.85. The van der Waals surface area contributed by atoms with E-state index in [0.29, 0.717) is 17.6 Å². The lowest BCUT2D eigenvalue weighted by molar-refractivity contribution is 0.220. The van der Waals surface area contributed by atoms with Crippen LogP contribution in [0.25, 0.3) is 10.9 Å². The third-order valence-electron chi connectivity index (χ3n) is 2.86. The quantitative estimate of drug-likeness (QED) is 0.844. The summed E-state index contributed by atoms with van der Waals surface area (Å²) in [5.41, 5.74) is 0.566. The summed E-state index contributed by atoms with van der Waals surface area (Å²) in [7, 11) is 0. The van der Waals surface area contributed by atoms with Crippen LogP contribution < -0.4 is 5.56 Å². The SMILES string of the molecule is CCN(CC)Cn1nnc2ccccc2c1=O.Cl. The zero-order chi connectivity index (χ0) is 12.3. The van der Waals surface area contributed by atoms with Crippen molar-refractivity contribution in [3.8, 4) is 0 Å². The fourth-order valence-electron chi connectivity index (χ4n) is 1.73. The van der Waals surface area contributed by atoms with E-state index in [9.17, 15) is 4.79 Å². The van der Waals surface area contributed by atoms with Crippen molar-refractivity contribution >= 4 is 23.3 Å². The molecule has 0 saturated carbocycles. The lowest BCUT2D eigenvalue weighted by Crippen LogP contribution is -2.34. The number of nitrogens with zero attached hydrogens (tertiary/aromatic N) is 4. The monoisotopic (exact) mass is 268 g/mol. The van der Waals surface area contributed by atoms with Crippen molar-refractivity contribution in [2.45, 2.75) is 20.5 Å². The van der Waals surface area contributed by atoms with Crippen LogP contribution in [0.3, 0.4) is 0 Å². The molecule has 18 heavy (non-hydrogen) atoms. The third-order valence-corrected chi connectivity index (χ3v) is 2.86. The van der Waals surface area contributed by atoms with Crippen molar-refractivity contribution in [1.82, 2.24) is 19.9 Å². The van der Waals surface area contributed by atoms with Crippen molar-refractivity contribution in [2.75, 3.05) is 13.1 Å². The molecule has 2 aromatic rings. The average molecular weight is 269 g/mol. The summed E-state index contributed by atoms with van der Waals surface area (Å²) in [6.07, 6.45) is 0. The zero-order valence-corrected chi connectivity index (χ0v) is 11.4. The van der Waals surface area contributed by atoms with E-state index >= 15 is 0 Å². The highest BCUT2D eigenvalue weighted by atomic mass is 35.5. The van der Waals surface area contributed by atoms with Gasteiger partial charge < -0.3 is 0 Å². The zero-order valence-electron chi connectivity index (χ0n) is 10.5. The average Bonchev–Trinajstić information content (AvgIpc) is 2.38. The minimum atomic E-state index is -0.0810. The molecule has 2 rings (SSSR count). The molecular weight excluding hydrogens is 252 g/mol. The Morgan fingerprint density at radius 1 is 1.22 bits per heavy atom. The summed E-state index contributed by atoms with van der Waals surface area (Å²) in [5.74, 6) is 0. The molecule has 0 aliphatic rings. The van der Waals surface area contributed by atoms with Crippen LogP contribution in [0.4, 0.5) is 0 Å². The number of halogens is 1. The van der Waals surface area contributed by atoms with Crippen molar-refractivity contribution in [1.29, 1.82) is 0 Å². The van der Waals surface area contributed by atoms with Gasteiger partial charge in [0.1, 0.15) is 5.52 Å². The van der Waals surface area contributed by atoms with Gasteiger partial charge >= 0.3 is 0 Å². The summed E-state index contributed by atoms with van der Waals surface area (Å²) in [5, 5.41) is 8.62. The first-order chi connectivity index (χ1) is 8.26. The maximum Gasteiger partial charge on any atom is 0.278 e. The molecule has 5 nitrogen and oxygen atoms in total. The van der Waals surface area contributed by atoms with E-state index in [1.54, 1.807) is 12.1 Å². The number of rotatable bonds is 4. The van der Waals surface area contributed by atoms with Gasteiger partial charge in [-0.2, -0.15) is 4.68 Å². The van der Waals surface area contributed by atoms with Gasteiger partial charge in [0.25, 0.3) is 5.56 Å². The van der Waals surface area contributed by atoms with E-state index in [4.69, 9.17) is 0 Å². The predicted octanol–water partition coefficient (Wildman–Crippen LogP) is 1.51. The minimum absolute atomic E-state index is 0. The Balaban J connectivity index is 0.00000162. The van der Waals surface area contributed by atoms with Gasteiger partial charge in [-0.15, -0.1) is 17.5 Å². The molecule has 0 aliphatic carbocycles. The summed E-state index contributed by atoms with van der Waals surface area (Å²) in [6, 6.07) is 7.27. The van der Waals surface area contributed by atoms with Crippen LogP contribution in [0.5, 0.6) is 0 Å². The Morgan fingerprint density at radius 2 is 1.89 bits per heavy atom. The molecule has 98 valence electrons. The Morgan fingerprint density at radius 3 is 2.56 bits per heavy atom. The number of benzene rings is 1. The van der Waals surface area contributed by atoms with Gasteiger partial charge in [0.05, 0.1) is 12.1 Å². The van der Waals surface area contributed by atoms with Crippen molar-refractivity contribution in [3.05, 3.63) is 34.6 Å². The van der Waals surface area contributed by atoms with Crippen LogP contribution in [-0.4, -0.2) is 33.0 Å². The van der Waals surface area contributed by atoms with Gasteiger partial charge in [0.15, 0.2) is 0 Å². The van der Waals surface area contributed by atoms with Crippen molar-refractivity contribution < 1.29 is 0 Å². The molecule has 0 bridgehead atoms. The van der Waals surface area contributed by atoms with Crippen LogP contribution in [-0.2, 0) is 6.67 Å². The maximum absolute atomic E-state index is 12.1. The summed E-state index contributed by atoms with van der Waals surface area (Å²) < 4.78 is 1.41. The summed E-state index contributed by atoms with van der Waals surface area (Å²) >= 11 is 0. The minimum Gasteiger partial charge on any atom is -0.285 e. The van der Waals surface area contributed by atoms with Crippen LogP contribution in [0.1, 0.15) is 13.8 Å². The highest BCUT2D eigenvalue weighted by Gasteiger charge is 2.07. The first-order valence-corrected chi connectivity index (χ1v) is 5.81. The second-order valence-electron chi connectivity index (χ2n) is 3.86. The van der Waals surface area contributed by atoms with E-state index in [0.717, 1.165) is 13.1 Å². The molecule has 0 unspecified atom stereocenters. The Bertz CT molecular complexity index is 565. The van der Waals surface area contributed by atoms with Crippen LogP contribution in [0, 0.1) is 0 Å². The normalized spacial score (nSPS) is 10.6. The standard InChI is InChI=1S/C12H16N4O.ClH/c1-3-15(4-2)9-16-12(17)10-7-5-6-8-11(10)13-14-16;/h5-8H,3-4,9H2,1-2H3;1H. The van der Waals surface area contributed by atoms with Crippen molar-refractivity contribution in [3.63, 3.8) is 0 Å².